The molecule has 0 saturated heterocycles. The van der Waals surface area contributed by atoms with Gasteiger partial charge in [0.15, 0.2) is 0 Å². The molecule has 1 aromatic carbocycles. The molecule has 0 N–H and O–H groups in total. The lowest BCUT2D eigenvalue weighted by Crippen LogP contribution is -2.21. The quantitative estimate of drug-likeness (QED) is 0.553. The van der Waals surface area contributed by atoms with Gasteiger partial charge in [0.25, 0.3) is 0 Å². The van der Waals surface area contributed by atoms with Gasteiger partial charge < -0.3 is 9.47 Å². The fraction of sp³-hybridized carbons (Fsp3) is 0.391. The van der Waals surface area contributed by atoms with Crippen molar-refractivity contribution in [3.8, 4) is 22.7 Å². The van der Waals surface area contributed by atoms with E-state index in [0.717, 1.165) is 40.0 Å². The summed E-state index contributed by atoms with van der Waals surface area (Å²) >= 11 is 0. The molecular formula is C23H24F3N3O2. The maximum Gasteiger partial charge on any atom is 0.419 e. The van der Waals surface area contributed by atoms with Crippen LogP contribution < -0.4 is 4.74 Å². The largest absolute Gasteiger partial charge is 0.493 e. The van der Waals surface area contributed by atoms with Crippen LogP contribution in [-0.4, -0.2) is 27.5 Å². The van der Waals surface area contributed by atoms with Gasteiger partial charge in [-0.3, -0.25) is 4.98 Å². The van der Waals surface area contributed by atoms with E-state index in [1.165, 1.54) is 12.1 Å². The molecule has 31 heavy (non-hydrogen) atoms. The molecule has 0 aliphatic carbocycles. The minimum atomic E-state index is -4.49. The zero-order valence-corrected chi connectivity index (χ0v) is 17.9. The van der Waals surface area contributed by atoms with Gasteiger partial charge in [-0.05, 0) is 52.0 Å². The van der Waals surface area contributed by atoms with Crippen LogP contribution in [0.4, 0.5) is 13.2 Å². The third-order valence-electron chi connectivity index (χ3n) is 5.25. The highest BCUT2D eigenvalue weighted by molar-refractivity contribution is 5.66. The van der Waals surface area contributed by atoms with Crippen LogP contribution in [0.3, 0.4) is 0 Å². The first-order valence-corrected chi connectivity index (χ1v) is 10.2. The summed E-state index contributed by atoms with van der Waals surface area (Å²) in [7, 11) is 0. The molecule has 0 amide bonds. The van der Waals surface area contributed by atoms with Crippen molar-refractivity contribution < 1.29 is 22.6 Å². The minimum Gasteiger partial charge on any atom is -0.493 e. The second-order valence-electron chi connectivity index (χ2n) is 7.76. The highest BCUT2D eigenvalue weighted by atomic mass is 19.4. The fourth-order valence-corrected chi connectivity index (χ4v) is 3.97. The Balaban J connectivity index is 1.89. The molecule has 5 nitrogen and oxygen atoms in total. The summed E-state index contributed by atoms with van der Waals surface area (Å²) in [5.41, 5.74) is 5.02. The third-order valence-corrected chi connectivity index (χ3v) is 5.25. The molecule has 0 radical (unpaired) electrons. The molecule has 3 heterocycles. The van der Waals surface area contributed by atoms with E-state index in [2.05, 4.69) is 4.98 Å². The number of pyridine rings is 1. The molecule has 1 atom stereocenters. The Hall–Kier alpha value is -2.87. The number of ether oxygens (including phenoxy) is 2. The van der Waals surface area contributed by atoms with E-state index in [1.54, 1.807) is 11.6 Å². The highest BCUT2D eigenvalue weighted by Gasteiger charge is 2.35. The van der Waals surface area contributed by atoms with Crippen molar-refractivity contribution in [2.24, 2.45) is 0 Å². The first kappa shape index (κ1) is 21.4. The van der Waals surface area contributed by atoms with E-state index >= 15 is 0 Å². The smallest absolute Gasteiger partial charge is 0.419 e. The van der Waals surface area contributed by atoms with Crippen LogP contribution >= 0.6 is 0 Å². The average molecular weight is 431 g/mol. The summed E-state index contributed by atoms with van der Waals surface area (Å²) in [6.45, 7) is 8.00. The molecule has 0 bridgehead atoms. The topological polar surface area (TPSA) is 49.2 Å². The van der Waals surface area contributed by atoms with E-state index in [9.17, 15) is 13.2 Å². The van der Waals surface area contributed by atoms with Crippen LogP contribution in [0.1, 0.15) is 42.1 Å². The second-order valence-corrected chi connectivity index (χ2v) is 7.76. The van der Waals surface area contributed by atoms with E-state index in [0.29, 0.717) is 18.7 Å². The monoisotopic (exact) mass is 431 g/mol. The number of halogens is 3. The lowest BCUT2D eigenvalue weighted by atomic mass is 10.0. The number of fused-ring (bicyclic) bond motifs is 1. The standard InChI is InChI=1S/C23H24F3N3O2/c1-5-30-21-11-17(6-7-19(21)23(24,25)26)29-20-10-15(4)31-12-18(20)22(28-29)16-8-13(2)27-14(3)9-16/h6-9,11,15H,5,10,12H2,1-4H3/t15-/m1/s1. The Bertz CT molecular complexity index is 1100. The van der Waals surface area contributed by atoms with Gasteiger partial charge in [0.05, 0.1) is 42.0 Å². The minimum absolute atomic E-state index is 0.0162. The van der Waals surface area contributed by atoms with Gasteiger partial charge in [0.2, 0.25) is 0 Å². The molecule has 0 saturated carbocycles. The Kier molecular flexibility index (Phi) is 5.51. The Morgan fingerprint density at radius 2 is 1.87 bits per heavy atom. The van der Waals surface area contributed by atoms with Crippen molar-refractivity contribution in [2.75, 3.05) is 6.61 Å². The number of hydrogen-bond donors (Lipinski definition) is 0. The van der Waals surface area contributed by atoms with Gasteiger partial charge in [-0.15, -0.1) is 0 Å². The molecule has 1 aliphatic heterocycles. The molecular weight excluding hydrogens is 407 g/mol. The van der Waals surface area contributed by atoms with Crippen LogP contribution in [-0.2, 0) is 23.9 Å². The summed E-state index contributed by atoms with van der Waals surface area (Å²) in [6.07, 6.45) is -3.90. The SMILES string of the molecule is CCOc1cc(-n2nc(-c3cc(C)nc(C)c3)c3c2C[C@@H](C)OC3)ccc1C(F)(F)F. The average Bonchev–Trinajstić information content (AvgIpc) is 3.05. The van der Waals surface area contributed by atoms with Crippen molar-refractivity contribution in [2.45, 2.75) is 53.0 Å². The zero-order valence-electron chi connectivity index (χ0n) is 17.9. The van der Waals surface area contributed by atoms with Gasteiger partial charge in [-0.2, -0.15) is 18.3 Å². The van der Waals surface area contributed by atoms with Gasteiger partial charge in [0.1, 0.15) is 5.75 Å². The molecule has 8 heteroatoms. The molecule has 4 rings (SSSR count). The van der Waals surface area contributed by atoms with Crippen LogP contribution in [0.25, 0.3) is 16.9 Å². The molecule has 0 unspecified atom stereocenters. The maximum absolute atomic E-state index is 13.4. The first-order chi connectivity index (χ1) is 14.7. The normalized spacial score (nSPS) is 16.3. The summed E-state index contributed by atoms with van der Waals surface area (Å²) in [5.74, 6) is -0.200. The number of benzene rings is 1. The summed E-state index contributed by atoms with van der Waals surface area (Å²) in [5, 5.41) is 4.81. The lowest BCUT2D eigenvalue weighted by molar-refractivity contribution is -0.138. The fourth-order valence-electron chi connectivity index (χ4n) is 3.97. The number of alkyl halides is 3. The maximum atomic E-state index is 13.4. The molecule has 0 spiro atoms. The van der Waals surface area contributed by atoms with Gasteiger partial charge >= 0.3 is 6.18 Å². The first-order valence-electron chi connectivity index (χ1n) is 10.2. The van der Waals surface area contributed by atoms with E-state index in [-0.39, 0.29) is 18.5 Å². The Morgan fingerprint density at radius 1 is 1.16 bits per heavy atom. The van der Waals surface area contributed by atoms with E-state index in [1.807, 2.05) is 32.9 Å². The predicted octanol–water partition coefficient (Wildman–Crippen LogP) is 5.43. The highest BCUT2D eigenvalue weighted by Crippen LogP contribution is 2.39. The third kappa shape index (κ3) is 4.17. The van der Waals surface area contributed by atoms with Crippen molar-refractivity contribution in [1.29, 1.82) is 0 Å². The van der Waals surface area contributed by atoms with Crippen molar-refractivity contribution in [1.82, 2.24) is 14.8 Å². The van der Waals surface area contributed by atoms with Crippen LogP contribution in [0.15, 0.2) is 30.3 Å². The molecule has 2 aromatic heterocycles. The van der Waals surface area contributed by atoms with Crippen LogP contribution in [0.5, 0.6) is 5.75 Å². The molecule has 0 fully saturated rings. The predicted molar refractivity (Wildman–Crippen MR) is 110 cm³/mol. The van der Waals surface area contributed by atoms with Crippen LogP contribution in [0.2, 0.25) is 0 Å². The molecule has 164 valence electrons. The van der Waals surface area contributed by atoms with Crippen molar-refractivity contribution >= 4 is 0 Å². The zero-order chi connectivity index (χ0) is 22.3. The number of aryl methyl sites for hydroxylation is 2. The summed E-state index contributed by atoms with van der Waals surface area (Å²) < 4.78 is 53.1. The van der Waals surface area contributed by atoms with Gasteiger partial charge in [-0.25, -0.2) is 4.68 Å². The van der Waals surface area contributed by atoms with Crippen molar-refractivity contribution in [3.05, 3.63) is 58.5 Å². The van der Waals surface area contributed by atoms with Gasteiger partial charge in [-0.1, -0.05) is 0 Å². The Labute approximate surface area is 178 Å². The van der Waals surface area contributed by atoms with Crippen molar-refractivity contribution in [3.63, 3.8) is 0 Å². The Morgan fingerprint density at radius 3 is 2.52 bits per heavy atom. The second kappa shape index (κ2) is 8.00. The number of rotatable bonds is 4. The summed E-state index contributed by atoms with van der Waals surface area (Å²) in [6, 6.07) is 7.81. The number of hydrogen-bond acceptors (Lipinski definition) is 4. The van der Waals surface area contributed by atoms with E-state index < -0.39 is 11.7 Å². The van der Waals surface area contributed by atoms with Crippen LogP contribution in [0, 0.1) is 13.8 Å². The number of nitrogens with zero attached hydrogens (tertiary/aromatic N) is 3. The number of aromatic nitrogens is 3. The lowest BCUT2D eigenvalue weighted by Gasteiger charge is -2.21. The van der Waals surface area contributed by atoms with E-state index in [4.69, 9.17) is 14.6 Å². The molecule has 1 aliphatic rings. The van der Waals surface area contributed by atoms with Gasteiger partial charge in [0, 0.05) is 35.0 Å². The molecule has 3 aromatic rings. The summed E-state index contributed by atoms with van der Waals surface area (Å²) in [4.78, 5) is 4.42.